The molecule has 1 amide bonds. The molecule has 0 saturated carbocycles. The number of rotatable bonds is 4. The van der Waals surface area contributed by atoms with Crippen LogP contribution in [-0.4, -0.2) is 35.1 Å². The molecule has 1 unspecified atom stereocenters. The standard InChI is InChI=1S/C16H17N3O2/c20-16(19-11-12-5-4-10-21-12)13-6-3-9-18-15(13)14-7-1-2-8-17-14/h1-3,6-9,12H,4-5,10-11H2,(H,19,20). The summed E-state index contributed by atoms with van der Waals surface area (Å²) in [4.78, 5) is 20.9. The minimum Gasteiger partial charge on any atom is -0.376 e. The molecule has 1 aliphatic heterocycles. The molecule has 3 heterocycles. The van der Waals surface area contributed by atoms with Gasteiger partial charge in [0.2, 0.25) is 0 Å². The molecule has 1 N–H and O–H groups in total. The van der Waals surface area contributed by atoms with Crippen LogP contribution in [0, 0.1) is 0 Å². The van der Waals surface area contributed by atoms with Gasteiger partial charge in [-0.3, -0.25) is 14.8 Å². The second-order valence-electron chi connectivity index (χ2n) is 4.96. The maximum Gasteiger partial charge on any atom is 0.253 e. The number of nitrogens with zero attached hydrogens (tertiary/aromatic N) is 2. The van der Waals surface area contributed by atoms with E-state index in [0.29, 0.717) is 23.5 Å². The summed E-state index contributed by atoms with van der Waals surface area (Å²) in [6, 6.07) is 9.09. The van der Waals surface area contributed by atoms with Gasteiger partial charge in [-0.2, -0.15) is 0 Å². The van der Waals surface area contributed by atoms with Crippen LogP contribution in [0.3, 0.4) is 0 Å². The molecule has 0 radical (unpaired) electrons. The van der Waals surface area contributed by atoms with Crippen molar-refractivity contribution in [2.75, 3.05) is 13.2 Å². The Hall–Kier alpha value is -2.27. The van der Waals surface area contributed by atoms with Crippen molar-refractivity contribution < 1.29 is 9.53 Å². The first-order valence-electron chi connectivity index (χ1n) is 7.11. The van der Waals surface area contributed by atoms with Crippen molar-refractivity contribution in [2.24, 2.45) is 0 Å². The Bertz CT molecular complexity index is 610. The van der Waals surface area contributed by atoms with Gasteiger partial charge in [-0.15, -0.1) is 0 Å². The molecule has 5 nitrogen and oxygen atoms in total. The molecule has 21 heavy (non-hydrogen) atoms. The molecule has 2 aromatic heterocycles. The van der Waals surface area contributed by atoms with E-state index in [9.17, 15) is 4.79 Å². The summed E-state index contributed by atoms with van der Waals surface area (Å²) in [7, 11) is 0. The van der Waals surface area contributed by atoms with Gasteiger partial charge in [0, 0.05) is 25.5 Å². The number of hydrogen-bond donors (Lipinski definition) is 1. The molecular formula is C16H17N3O2. The molecular weight excluding hydrogens is 266 g/mol. The average molecular weight is 283 g/mol. The van der Waals surface area contributed by atoms with Crippen LogP contribution in [0.1, 0.15) is 23.2 Å². The molecule has 108 valence electrons. The van der Waals surface area contributed by atoms with Crippen LogP contribution >= 0.6 is 0 Å². The van der Waals surface area contributed by atoms with E-state index in [0.717, 1.165) is 19.4 Å². The Labute approximate surface area is 123 Å². The Morgan fingerprint density at radius 2 is 2.14 bits per heavy atom. The van der Waals surface area contributed by atoms with E-state index < -0.39 is 0 Å². The largest absolute Gasteiger partial charge is 0.376 e. The number of ether oxygens (including phenoxy) is 1. The molecule has 5 heteroatoms. The van der Waals surface area contributed by atoms with Gasteiger partial charge in [0.1, 0.15) is 5.69 Å². The van der Waals surface area contributed by atoms with E-state index in [1.807, 2.05) is 18.2 Å². The predicted octanol–water partition coefficient (Wildman–Crippen LogP) is 2.05. The quantitative estimate of drug-likeness (QED) is 0.932. The van der Waals surface area contributed by atoms with Crippen molar-refractivity contribution in [1.82, 2.24) is 15.3 Å². The van der Waals surface area contributed by atoms with E-state index in [1.165, 1.54) is 0 Å². The summed E-state index contributed by atoms with van der Waals surface area (Å²) >= 11 is 0. The van der Waals surface area contributed by atoms with Crippen LogP contribution in [0.5, 0.6) is 0 Å². The molecule has 0 aromatic carbocycles. The van der Waals surface area contributed by atoms with Gasteiger partial charge in [0.15, 0.2) is 0 Å². The minimum absolute atomic E-state index is 0.129. The topological polar surface area (TPSA) is 64.1 Å². The highest BCUT2D eigenvalue weighted by Gasteiger charge is 2.19. The third kappa shape index (κ3) is 3.25. The van der Waals surface area contributed by atoms with Gasteiger partial charge in [-0.25, -0.2) is 0 Å². The van der Waals surface area contributed by atoms with Crippen LogP contribution in [0.25, 0.3) is 11.4 Å². The fraction of sp³-hybridized carbons (Fsp3) is 0.312. The van der Waals surface area contributed by atoms with Crippen LogP contribution < -0.4 is 5.32 Å². The van der Waals surface area contributed by atoms with E-state index in [-0.39, 0.29) is 12.0 Å². The first-order valence-corrected chi connectivity index (χ1v) is 7.11. The zero-order valence-corrected chi connectivity index (χ0v) is 11.7. The number of carbonyl (C=O) groups is 1. The first kappa shape index (κ1) is 13.7. The lowest BCUT2D eigenvalue weighted by atomic mass is 10.1. The number of nitrogens with one attached hydrogen (secondary N) is 1. The summed E-state index contributed by atoms with van der Waals surface area (Å²) in [5.74, 6) is -0.140. The summed E-state index contributed by atoms with van der Waals surface area (Å²) in [5, 5.41) is 2.92. The van der Waals surface area contributed by atoms with Crippen molar-refractivity contribution in [2.45, 2.75) is 18.9 Å². The van der Waals surface area contributed by atoms with Crippen molar-refractivity contribution >= 4 is 5.91 Å². The third-order valence-electron chi connectivity index (χ3n) is 3.47. The molecule has 0 spiro atoms. The third-order valence-corrected chi connectivity index (χ3v) is 3.47. The molecule has 0 bridgehead atoms. The van der Waals surface area contributed by atoms with E-state index >= 15 is 0 Å². The zero-order valence-electron chi connectivity index (χ0n) is 11.7. The van der Waals surface area contributed by atoms with E-state index in [4.69, 9.17) is 4.74 Å². The van der Waals surface area contributed by atoms with Crippen LogP contribution in [0.15, 0.2) is 42.7 Å². The molecule has 0 aliphatic carbocycles. The monoisotopic (exact) mass is 283 g/mol. The minimum atomic E-state index is -0.140. The van der Waals surface area contributed by atoms with Crippen LogP contribution in [0.4, 0.5) is 0 Å². The first-order chi connectivity index (χ1) is 10.3. The summed E-state index contributed by atoms with van der Waals surface area (Å²) in [6.45, 7) is 1.32. The number of aromatic nitrogens is 2. The van der Waals surface area contributed by atoms with Crippen molar-refractivity contribution in [3.05, 3.63) is 48.3 Å². The van der Waals surface area contributed by atoms with Crippen LogP contribution in [0.2, 0.25) is 0 Å². The van der Waals surface area contributed by atoms with Crippen molar-refractivity contribution in [3.8, 4) is 11.4 Å². The fourth-order valence-electron chi connectivity index (χ4n) is 2.40. The van der Waals surface area contributed by atoms with Gasteiger partial charge in [0.25, 0.3) is 5.91 Å². The number of carbonyl (C=O) groups excluding carboxylic acids is 1. The number of hydrogen-bond acceptors (Lipinski definition) is 4. The summed E-state index contributed by atoms with van der Waals surface area (Å²) in [6.07, 6.45) is 5.55. The lowest BCUT2D eigenvalue weighted by Gasteiger charge is -2.12. The second-order valence-corrected chi connectivity index (χ2v) is 4.96. The van der Waals surface area contributed by atoms with Gasteiger partial charge in [-0.1, -0.05) is 6.07 Å². The van der Waals surface area contributed by atoms with Gasteiger partial charge >= 0.3 is 0 Å². The molecule has 3 rings (SSSR count). The Kier molecular flexibility index (Phi) is 4.21. The lowest BCUT2D eigenvalue weighted by molar-refractivity contribution is 0.0858. The van der Waals surface area contributed by atoms with E-state index in [2.05, 4.69) is 15.3 Å². The Morgan fingerprint density at radius 3 is 2.90 bits per heavy atom. The molecule has 1 fully saturated rings. The van der Waals surface area contributed by atoms with Gasteiger partial charge < -0.3 is 10.1 Å². The molecule has 1 atom stereocenters. The highest BCUT2D eigenvalue weighted by atomic mass is 16.5. The van der Waals surface area contributed by atoms with Gasteiger partial charge in [-0.05, 0) is 37.1 Å². The summed E-state index contributed by atoms with van der Waals surface area (Å²) in [5.41, 5.74) is 1.83. The smallest absolute Gasteiger partial charge is 0.253 e. The van der Waals surface area contributed by atoms with Crippen molar-refractivity contribution in [3.63, 3.8) is 0 Å². The summed E-state index contributed by atoms with van der Waals surface area (Å²) < 4.78 is 5.51. The molecule has 2 aromatic rings. The lowest BCUT2D eigenvalue weighted by Crippen LogP contribution is -2.32. The van der Waals surface area contributed by atoms with E-state index in [1.54, 1.807) is 24.5 Å². The SMILES string of the molecule is O=C(NCC1CCCO1)c1cccnc1-c1ccccn1. The Balaban J connectivity index is 1.76. The van der Waals surface area contributed by atoms with Crippen LogP contribution in [-0.2, 0) is 4.74 Å². The molecule has 1 saturated heterocycles. The normalized spacial score (nSPS) is 17.6. The maximum atomic E-state index is 12.4. The van der Waals surface area contributed by atoms with Gasteiger partial charge in [0.05, 0.1) is 17.4 Å². The second kappa shape index (κ2) is 6.45. The average Bonchev–Trinajstić information content (AvgIpc) is 3.07. The highest BCUT2D eigenvalue weighted by molar-refractivity contribution is 5.99. The van der Waals surface area contributed by atoms with Crippen molar-refractivity contribution in [1.29, 1.82) is 0 Å². The maximum absolute atomic E-state index is 12.4. The molecule has 1 aliphatic rings. The Morgan fingerprint density at radius 1 is 1.24 bits per heavy atom. The number of pyridine rings is 2. The predicted molar refractivity (Wildman–Crippen MR) is 78.8 cm³/mol. The fourth-order valence-corrected chi connectivity index (χ4v) is 2.40. The highest BCUT2D eigenvalue weighted by Crippen LogP contribution is 2.18. The zero-order chi connectivity index (χ0) is 14.5. The number of amides is 1.